The summed E-state index contributed by atoms with van der Waals surface area (Å²) in [6, 6.07) is 7.80. The SMILES string of the molecule is COC(=O)NCCO[C@@H](c1cccc(Cl)c1)C1CCCNC1. The fraction of sp³-hybridized carbons (Fsp3) is 0.562. The van der Waals surface area contributed by atoms with Crippen LogP contribution in [-0.4, -0.2) is 39.4 Å². The Hall–Kier alpha value is -1.30. The van der Waals surface area contributed by atoms with Gasteiger partial charge in [-0.15, -0.1) is 0 Å². The van der Waals surface area contributed by atoms with Crippen LogP contribution in [0.25, 0.3) is 0 Å². The zero-order chi connectivity index (χ0) is 15.8. The number of carbonyl (C=O) groups is 1. The van der Waals surface area contributed by atoms with Crippen LogP contribution in [0.2, 0.25) is 5.02 Å². The Labute approximate surface area is 136 Å². The molecule has 0 spiro atoms. The van der Waals surface area contributed by atoms with Crippen molar-refractivity contribution >= 4 is 17.7 Å². The van der Waals surface area contributed by atoms with E-state index in [1.165, 1.54) is 7.11 Å². The fourth-order valence-electron chi connectivity index (χ4n) is 2.74. The summed E-state index contributed by atoms with van der Waals surface area (Å²) in [6.07, 6.45) is 1.80. The van der Waals surface area contributed by atoms with Crippen LogP contribution in [0, 0.1) is 5.92 Å². The van der Waals surface area contributed by atoms with E-state index in [1.54, 1.807) is 0 Å². The molecule has 1 saturated heterocycles. The summed E-state index contributed by atoms with van der Waals surface area (Å²) in [5.74, 6) is 0.408. The van der Waals surface area contributed by atoms with Gasteiger partial charge >= 0.3 is 6.09 Å². The van der Waals surface area contributed by atoms with Crippen LogP contribution in [0.15, 0.2) is 24.3 Å². The van der Waals surface area contributed by atoms with Gasteiger partial charge in [0.1, 0.15) is 0 Å². The largest absolute Gasteiger partial charge is 0.453 e. The Kier molecular flexibility index (Phi) is 6.96. The van der Waals surface area contributed by atoms with Crippen molar-refractivity contribution in [2.75, 3.05) is 33.4 Å². The van der Waals surface area contributed by atoms with Crippen molar-refractivity contribution in [1.29, 1.82) is 0 Å². The topological polar surface area (TPSA) is 59.6 Å². The zero-order valence-corrected chi connectivity index (χ0v) is 13.6. The number of carbonyl (C=O) groups excluding carboxylic acids is 1. The molecule has 1 aliphatic heterocycles. The maximum absolute atomic E-state index is 11.1. The maximum atomic E-state index is 11.1. The van der Waals surface area contributed by atoms with Gasteiger partial charge < -0.3 is 20.1 Å². The summed E-state index contributed by atoms with van der Waals surface area (Å²) in [5, 5.41) is 6.75. The predicted molar refractivity (Wildman–Crippen MR) is 86.1 cm³/mol. The smallest absolute Gasteiger partial charge is 0.406 e. The van der Waals surface area contributed by atoms with Gasteiger partial charge in [-0.1, -0.05) is 23.7 Å². The van der Waals surface area contributed by atoms with Gasteiger partial charge in [0.25, 0.3) is 0 Å². The van der Waals surface area contributed by atoms with Crippen LogP contribution < -0.4 is 10.6 Å². The minimum absolute atomic E-state index is 0.0223. The second kappa shape index (κ2) is 8.98. The van der Waals surface area contributed by atoms with Crippen molar-refractivity contribution in [2.24, 2.45) is 5.92 Å². The molecule has 0 aromatic heterocycles. The number of benzene rings is 1. The number of alkyl carbamates (subject to hydrolysis) is 1. The molecule has 1 amide bonds. The molecule has 1 aromatic carbocycles. The number of rotatable bonds is 6. The number of amides is 1. The lowest BCUT2D eigenvalue weighted by molar-refractivity contribution is 0.00475. The second-order valence-corrected chi connectivity index (χ2v) is 5.81. The lowest BCUT2D eigenvalue weighted by Gasteiger charge is -2.31. The molecule has 5 nitrogen and oxygen atoms in total. The standard InChI is InChI=1S/C16H23ClN2O3/c1-21-16(20)19-8-9-22-15(13-5-3-7-18-11-13)12-4-2-6-14(17)10-12/h2,4,6,10,13,15,18H,3,5,7-9,11H2,1H3,(H,19,20)/t13?,15-/m0/s1. The molecule has 2 N–H and O–H groups in total. The molecule has 1 aromatic rings. The highest BCUT2D eigenvalue weighted by molar-refractivity contribution is 6.30. The van der Waals surface area contributed by atoms with E-state index < -0.39 is 6.09 Å². The van der Waals surface area contributed by atoms with Gasteiger partial charge in [-0.2, -0.15) is 0 Å². The van der Waals surface area contributed by atoms with Gasteiger partial charge in [-0.25, -0.2) is 4.79 Å². The van der Waals surface area contributed by atoms with Crippen molar-refractivity contribution in [1.82, 2.24) is 10.6 Å². The molecule has 22 heavy (non-hydrogen) atoms. The molecule has 2 atom stereocenters. The Bertz CT molecular complexity index is 478. The van der Waals surface area contributed by atoms with Crippen LogP contribution in [0.1, 0.15) is 24.5 Å². The molecule has 0 bridgehead atoms. The minimum Gasteiger partial charge on any atom is -0.453 e. The summed E-state index contributed by atoms with van der Waals surface area (Å²) in [6.45, 7) is 2.84. The molecule has 1 aliphatic rings. The van der Waals surface area contributed by atoms with E-state index in [9.17, 15) is 4.79 Å². The highest BCUT2D eigenvalue weighted by Crippen LogP contribution is 2.31. The molecule has 1 heterocycles. The number of methoxy groups -OCH3 is 1. The van der Waals surface area contributed by atoms with Gasteiger partial charge in [0, 0.05) is 24.0 Å². The first-order valence-electron chi connectivity index (χ1n) is 7.60. The zero-order valence-electron chi connectivity index (χ0n) is 12.8. The van der Waals surface area contributed by atoms with Gasteiger partial charge in [-0.05, 0) is 37.1 Å². The summed E-state index contributed by atoms with van der Waals surface area (Å²) in [4.78, 5) is 11.1. The lowest BCUT2D eigenvalue weighted by Crippen LogP contribution is -2.35. The monoisotopic (exact) mass is 326 g/mol. The molecule has 0 saturated carbocycles. The van der Waals surface area contributed by atoms with Gasteiger partial charge in [-0.3, -0.25) is 0 Å². The average Bonchev–Trinajstić information content (AvgIpc) is 2.55. The minimum atomic E-state index is -0.442. The third kappa shape index (κ3) is 5.16. The molecule has 6 heteroatoms. The molecular weight excluding hydrogens is 304 g/mol. The number of halogens is 1. The second-order valence-electron chi connectivity index (χ2n) is 5.37. The molecule has 0 aliphatic carbocycles. The molecule has 122 valence electrons. The quantitative estimate of drug-likeness (QED) is 0.789. The van der Waals surface area contributed by atoms with Crippen LogP contribution in [-0.2, 0) is 9.47 Å². The number of hydrogen-bond acceptors (Lipinski definition) is 4. The first-order chi connectivity index (χ1) is 10.7. The van der Waals surface area contributed by atoms with E-state index in [2.05, 4.69) is 15.4 Å². The van der Waals surface area contributed by atoms with Crippen molar-refractivity contribution in [3.8, 4) is 0 Å². The first-order valence-corrected chi connectivity index (χ1v) is 7.98. The van der Waals surface area contributed by atoms with E-state index >= 15 is 0 Å². The number of nitrogens with one attached hydrogen (secondary N) is 2. The van der Waals surface area contributed by atoms with E-state index in [0.717, 1.165) is 31.5 Å². The number of ether oxygens (including phenoxy) is 2. The van der Waals surface area contributed by atoms with Crippen molar-refractivity contribution in [2.45, 2.75) is 18.9 Å². The summed E-state index contributed by atoms with van der Waals surface area (Å²) < 4.78 is 10.6. The van der Waals surface area contributed by atoms with Crippen molar-refractivity contribution in [3.63, 3.8) is 0 Å². The normalized spacial score (nSPS) is 19.5. The van der Waals surface area contributed by atoms with Gasteiger partial charge in [0.15, 0.2) is 0 Å². The Morgan fingerprint density at radius 3 is 3.09 bits per heavy atom. The van der Waals surface area contributed by atoms with Crippen LogP contribution in [0.4, 0.5) is 4.79 Å². The highest BCUT2D eigenvalue weighted by Gasteiger charge is 2.25. The third-order valence-electron chi connectivity index (χ3n) is 3.79. The van der Waals surface area contributed by atoms with Crippen molar-refractivity contribution in [3.05, 3.63) is 34.9 Å². The summed E-state index contributed by atoms with van der Waals surface area (Å²) in [5.41, 5.74) is 1.08. The van der Waals surface area contributed by atoms with Crippen molar-refractivity contribution < 1.29 is 14.3 Å². The Morgan fingerprint density at radius 1 is 1.55 bits per heavy atom. The Balaban J connectivity index is 1.97. The third-order valence-corrected chi connectivity index (χ3v) is 4.03. The van der Waals surface area contributed by atoms with Crippen LogP contribution in [0.5, 0.6) is 0 Å². The van der Waals surface area contributed by atoms with E-state index in [-0.39, 0.29) is 6.10 Å². The predicted octanol–water partition coefficient (Wildman–Crippen LogP) is 2.75. The number of piperidine rings is 1. The fourth-order valence-corrected chi connectivity index (χ4v) is 2.94. The molecule has 2 rings (SSSR count). The lowest BCUT2D eigenvalue weighted by atomic mass is 9.89. The first kappa shape index (κ1) is 17.1. The van der Waals surface area contributed by atoms with E-state index in [1.807, 2.05) is 24.3 Å². The maximum Gasteiger partial charge on any atom is 0.406 e. The van der Waals surface area contributed by atoms with Gasteiger partial charge in [0.2, 0.25) is 0 Å². The van der Waals surface area contributed by atoms with Crippen LogP contribution >= 0.6 is 11.6 Å². The molecule has 1 fully saturated rings. The highest BCUT2D eigenvalue weighted by atomic mass is 35.5. The average molecular weight is 327 g/mol. The summed E-state index contributed by atoms with van der Waals surface area (Å²) in [7, 11) is 1.35. The van der Waals surface area contributed by atoms with E-state index in [0.29, 0.717) is 24.1 Å². The number of hydrogen-bond donors (Lipinski definition) is 2. The summed E-state index contributed by atoms with van der Waals surface area (Å²) >= 11 is 6.10. The molecule has 0 radical (unpaired) electrons. The molecule has 1 unspecified atom stereocenters. The van der Waals surface area contributed by atoms with E-state index in [4.69, 9.17) is 16.3 Å². The Morgan fingerprint density at radius 2 is 2.41 bits per heavy atom. The molecular formula is C16H23ClN2O3. The van der Waals surface area contributed by atoms with Crippen LogP contribution in [0.3, 0.4) is 0 Å². The van der Waals surface area contributed by atoms with Gasteiger partial charge in [0.05, 0.1) is 19.8 Å².